The van der Waals surface area contributed by atoms with Crippen molar-refractivity contribution >= 4 is 33.2 Å². The molecule has 1 unspecified atom stereocenters. The Morgan fingerprint density at radius 2 is 1.76 bits per heavy atom. The van der Waals surface area contributed by atoms with Gasteiger partial charge in [0.25, 0.3) is 0 Å². The average Bonchev–Trinajstić information content (AvgIpc) is 2.91. The molecule has 1 N–H and O–H groups in total. The zero-order chi connectivity index (χ0) is 20.2. The summed E-state index contributed by atoms with van der Waals surface area (Å²) in [6.45, 7) is 2.37. The smallest absolute Gasteiger partial charge is 0.223 e. The lowest BCUT2D eigenvalue weighted by Gasteiger charge is -2.24. The summed E-state index contributed by atoms with van der Waals surface area (Å²) in [5.41, 5.74) is 3.06. The number of benzene rings is 3. The van der Waals surface area contributed by atoms with E-state index in [1.807, 2.05) is 71.6 Å². The highest BCUT2D eigenvalue weighted by molar-refractivity contribution is 9.10. The fraction of sp³-hybridized carbons (Fsp3) is 0.208. The Morgan fingerprint density at radius 1 is 1.03 bits per heavy atom. The van der Waals surface area contributed by atoms with E-state index in [1.54, 1.807) is 6.92 Å². The van der Waals surface area contributed by atoms with Crippen molar-refractivity contribution in [3.63, 3.8) is 0 Å². The predicted molar refractivity (Wildman–Crippen MR) is 121 cm³/mol. The van der Waals surface area contributed by atoms with E-state index in [9.17, 15) is 4.79 Å². The van der Waals surface area contributed by atoms with Crippen LogP contribution in [0.15, 0.2) is 77.3 Å². The second-order valence-electron chi connectivity index (χ2n) is 7.12. The Bertz CT molecular complexity index is 1000. The van der Waals surface area contributed by atoms with Gasteiger partial charge in [0, 0.05) is 23.6 Å². The van der Waals surface area contributed by atoms with Gasteiger partial charge in [0.1, 0.15) is 5.75 Å². The number of hydrogen-bond donors (Lipinski definition) is 1. The van der Waals surface area contributed by atoms with Gasteiger partial charge in [0.05, 0.1) is 11.7 Å². The largest absolute Gasteiger partial charge is 0.455 e. The highest BCUT2D eigenvalue weighted by atomic mass is 79.9. The first-order valence-corrected chi connectivity index (χ1v) is 10.6. The van der Waals surface area contributed by atoms with Crippen molar-refractivity contribution in [2.45, 2.75) is 25.8 Å². The Balaban J connectivity index is 1.63. The molecule has 1 aliphatic rings. The first-order chi connectivity index (χ1) is 14.1. The molecule has 0 aliphatic carbocycles. The minimum atomic E-state index is 0.0806. The third kappa shape index (κ3) is 4.46. The number of hydrogen-bond acceptors (Lipinski definition) is 3. The predicted octanol–water partition coefficient (Wildman–Crippen LogP) is 6.54. The van der Waals surface area contributed by atoms with Gasteiger partial charge in [-0.05, 0) is 60.9 Å². The molecule has 4 nitrogen and oxygen atoms in total. The van der Waals surface area contributed by atoms with Crippen LogP contribution in [0.2, 0.25) is 0 Å². The molecule has 3 aromatic carbocycles. The minimum absolute atomic E-state index is 0.0806. The van der Waals surface area contributed by atoms with E-state index in [0.29, 0.717) is 0 Å². The van der Waals surface area contributed by atoms with Crippen LogP contribution in [0.4, 0.5) is 11.4 Å². The van der Waals surface area contributed by atoms with Crippen LogP contribution in [0.25, 0.3) is 0 Å². The number of nitrogens with zero attached hydrogens (tertiary/aromatic N) is 1. The zero-order valence-corrected chi connectivity index (χ0v) is 17.9. The molecule has 1 amide bonds. The number of amides is 1. The first kappa shape index (κ1) is 19.5. The van der Waals surface area contributed by atoms with Crippen LogP contribution >= 0.6 is 15.9 Å². The van der Waals surface area contributed by atoms with E-state index in [4.69, 9.17) is 4.74 Å². The summed E-state index contributed by atoms with van der Waals surface area (Å²) < 4.78 is 7.15. The van der Waals surface area contributed by atoms with E-state index >= 15 is 0 Å². The third-order valence-corrected chi connectivity index (χ3v) is 5.64. The van der Waals surface area contributed by atoms with Gasteiger partial charge in [-0.3, -0.25) is 4.79 Å². The third-order valence-electron chi connectivity index (χ3n) is 5.12. The molecule has 0 saturated heterocycles. The standard InChI is InChI=1S/C24H23BrN2O2/c1-17(28)27-16-6-9-21(20-7-2-4-10-23(20)27)26-22-8-3-5-11-24(22)29-19-14-12-18(25)13-15-19/h2-5,7-8,10-15,21,26H,6,9,16H2,1H3. The molecule has 29 heavy (non-hydrogen) atoms. The van der Waals surface area contributed by atoms with Crippen molar-refractivity contribution in [1.82, 2.24) is 0 Å². The number of halogens is 1. The summed E-state index contributed by atoms with van der Waals surface area (Å²) in [5, 5.41) is 3.66. The number of ether oxygens (including phenoxy) is 1. The molecule has 1 heterocycles. The maximum atomic E-state index is 12.1. The van der Waals surface area contributed by atoms with Gasteiger partial charge in [0.15, 0.2) is 5.75 Å². The molecule has 148 valence electrons. The molecule has 0 bridgehead atoms. The normalized spacial score (nSPS) is 15.9. The van der Waals surface area contributed by atoms with Gasteiger partial charge < -0.3 is 15.0 Å². The van der Waals surface area contributed by atoms with Gasteiger partial charge in [-0.15, -0.1) is 0 Å². The molecular weight excluding hydrogens is 428 g/mol. The molecule has 5 heteroatoms. The number of carbonyl (C=O) groups is 1. The van der Waals surface area contributed by atoms with Crippen LogP contribution < -0.4 is 15.0 Å². The summed E-state index contributed by atoms with van der Waals surface area (Å²) in [7, 11) is 0. The lowest BCUT2D eigenvalue weighted by molar-refractivity contribution is -0.116. The van der Waals surface area contributed by atoms with Crippen LogP contribution in [-0.4, -0.2) is 12.5 Å². The fourth-order valence-corrected chi connectivity index (χ4v) is 3.99. The number of fused-ring (bicyclic) bond motifs is 1. The second kappa shape index (κ2) is 8.70. The molecular formula is C24H23BrN2O2. The van der Waals surface area contributed by atoms with Crippen LogP contribution in [0.5, 0.6) is 11.5 Å². The van der Waals surface area contributed by atoms with E-state index in [0.717, 1.165) is 52.3 Å². The highest BCUT2D eigenvalue weighted by Gasteiger charge is 2.25. The summed E-state index contributed by atoms with van der Waals surface area (Å²) in [6.07, 6.45) is 1.87. The molecule has 1 atom stereocenters. The van der Waals surface area contributed by atoms with E-state index in [1.165, 1.54) is 0 Å². The van der Waals surface area contributed by atoms with Gasteiger partial charge in [-0.1, -0.05) is 46.3 Å². The van der Waals surface area contributed by atoms with E-state index in [2.05, 4.69) is 27.3 Å². The molecule has 0 fully saturated rings. The van der Waals surface area contributed by atoms with Crippen LogP contribution in [0, 0.1) is 0 Å². The summed E-state index contributed by atoms with van der Waals surface area (Å²) >= 11 is 3.45. The molecule has 1 aliphatic heterocycles. The van der Waals surface area contributed by atoms with Crippen LogP contribution in [0.1, 0.15) is 31.4 Å². The number of rotatable bonds is 4. The first-order valence-electron chi connectivity index (χ1n) is 9.78. The molecule has 3 aromatic rings. The molecule has 4 rings (SSSR count). The Hall–Kier alpha value is -2.79. The SMILES string of the molecule is CC(=O)N1CCCC(Nc2ccccc2Oc2ccc(Br)cc2)c2ccccc21. The topological polar surface area (TPSA) is 41.6 Å². The Labute approximate surface area is 179 Å². The van der Waals surface area contributed by atoms with Crippen molar-refractivity contribution in [1.29, 1.82) is 0 Å². The van der Waals surface area contributed by atoms with Crippen molar-refractivity contribution in [2.24, 2.45) is 0 Å². The quantitative estimate of drug-likeness (QED) is 0.490. The zero-order valence-electron chi connectivity index (χ0n) is 16.3. The average molecular weight is 451 g/mol. The van der Waals surface area contributed by atoms with Crippen molar-refractivity contribution < 1.29 is 9.53 Å². The van der Waals surface area contributed by atoms with Gasteiger partial charge in [-0.2, -0.15) is 0 Å². The molecule has 0 radical (unpaired) electrons. The second-order valence-corrected chi connectivity index (χ2v) is 8.04. The van der Waals surface area contributed by atoms with Crippen LogP contribution in [0.3, 0.4) is 0 Å². The number of carbonyl (C=O) groups excluding carboxylic acids is 1. The number of nitrogens with one attached hydrogen (secondary N) is 1. The van der Waals surface area contributed by atoms with Crippen molar-refractivity contribution in [3.05, 3.63) is 82.8 Å². The monoisotopic (exact) mass is 450 g/mol. The van der Waals surface area contributed by atoms with Crippen molar-refractivity contribution in [2.75, 3.05) is 16.8 Å². The van der Waals surface area contributed by atoms with Gasteiger partial charge >= 0.3 is 0 Å². The lowest BCUT2D eigenvalue weighted by atomic mass is 10.0. The van der Waals surface area contributed by atoms with Gasteiger partial charge in [0.2, 0.25) is 5.91 Å². The Morgan fingerprint density at radius 3 is 2.55 bits per heavy atom. The van der Waals surface area contributed by atoms with E-state index < -0.39 is 0 Å². The summed E-state index contributed by atoms with van der Waals surface area (Å²) in [4.78, 5) is 14.0. The summed E-state index contributed by atoms with van der Waals surface area (Å²) in [6, 6.07) is 24.0. The minimum Gasteiger partial charge on any atom is -0.455 e. The highest BCUT2D eigenvalue weighted by Crippen LogP contribution is 2.38. The maximum absolute atomic E-state index is 12.1. The van der Waals surface area contributed by atoms with Crippen molar-refractivity contribution in [3.8, 4) is 11.5 Å². The fourth-order valence-electron chi connectivity index (χ4n) is 3.73. The molecule has 0 saturated carbocycles. The maximum Gasteiger partial charge on any atom is 0.223 e. The Kier molecular flexibility index (Phi) is 5.86. The molecule has 0 aromatic heterocycles. The number of para-hydroxylation sites is 3. The molecule has 0 spiro atoms. The van der Waals surface area contributed by atoms with E-state index in [-0.39, 0.29) is 11.9 Å². The van der Waals surface area contributed by atoms with Gasteiger partial charge in [-0.25, -0.2) is 0 Å². The number of anilines is 2. The lowest BCUT2D eigenvalue weighted by Crippen LogP contribution is -2.29. The van der Waals surface area contributed by atoms with Crippen LogP contribution in [-0.2, 0) is 4.79 Å². The summed E-state index contributed by atoms with van der Waals surface area (Å²) in [5.74, 6) is 1.64.